The van der Waals surface area contributed by atoms with Crippen LogP contribution in [0.2, 0.25) is 0 Å². The fourth-order valence-electron chi connectivity index (χ4n) is 0.834. The van der Waals surface area contributed by atoms with Crippen molar-refractivity contribution < 1.29 is 13.9 Å². The smallest absolute Gasteiger partial charge is 0.0584 e. The Morgan fingerprint density at radius 3 is 2.75 bits per heavy atom. The second-order valence-electron chi connectivity index (χ2n) is 2.60. The van der Waals surface area contributed by atoms with E-state index in [1.54, 1.807) is 0 Å². The maximum atomic E-state index is 10.1. The van der Waals surface area contributed by atoms with Gasteiger partial charge in [0.2, 0.25) is 0 Å². The molecule has 0 aliphatic carbocycles. The van der Waals surface area contributed by atoms with Crippen LogP contribution in [-0.4, -0.2) is 38.8 Å². The predicted molar refractivity (Wildman–Crippen MR) is 47.6 cm³/mol. The van der Waals surface area contributed by atoms with Crippen molar-refractivity contribution in [3.63, 3.8) is 0 Å². The van der Waals surface area contributed by atoms with Gasteiger partial charge in [-0.3, -0.25) is 4.21 Å². The monoisotopic (exact) mass is 194 g/mol. The van der Waals surface area contributed by atoms with Gasteiger partial charge in [-0.2, -0.15) is 0 Å². The summed E-state index contributed by atoms with van der Waals surface area (Å²) in [6.07, 6.45) is 1.46. The van der Waals surface area contributed by atoms with E-state index in [4.69, 9.17) is 5.11 Å². The van der Waals surface area contributed by atoms with E-state index < -0.39 is 11.1 Å². The molecule has 0 amide bonds. The van der Waals surface area contributed by atoms with Crippen molar-refractivity contribution in [3.8, 4) is 0 Å². The standard InChI is InChI=1S/C7H17NO3S/c1-2-7(6-9)8-4-3-5-12(10)11/h7-9H,2-6H2,1H3,(H,10,11)/p-1. The van der Waals surface area contributed by atoms with E-state index in [1.165, 1.54) is 0 Å². The van der Waals surface area contributed by atoms with Crippen molar-refractivity contribution in [1.29, 1.82) is 0 Å². The molecule has 12 heavy (non-hydrogen) atoms. The maximum Gasteiger partial charge on any atom is 0.0584 e. The number of hydrogen-bond donors (Lipinski definition) is 2. The van der Waals surface area contributed by atoms with Crippen molar-refractivity contribution in [2.75, 3.05) is 18.9 Å². The number of rotatable bonds is 7. The molecule has 74 valence electrons. The summed E-state index contributed by atoms with van der Waals surface area (Å²) in [5.41, 5.74) is 0. The van der Waals surface area contributed by atoms with E-state index >= 15 is 0 Å². The van der Waals surface area contributed by atoms with Crippen LogP contribution in [0, 0.1) is 0 Å². The van der Waals surface area contributed by atoms with Crippen molar-refractivity contribution >= 4 is 11.1 Å². The molecular formula is C7H16NO3S-. The van der Waals surface area contributed by atoms with Crippen molar-refractivity contribution in [1.82, 2.24) is 5.32 Å². The molecular weight excluding hydrogens is 178 g/mol. The highest BCUT2D eigenvalue weighted by atomic mass is 32.2. The van der Waals surface area contributed by atoms with Gasteiger partial charge in [-0.05, 0) is 19.4 Å². The fourth-order valence-corrected chi connectivity index (χ4v) is 1.21. The lowest BCUT2D eigenvalue weighted by molar-refractivity contribution is 0.239. The second-order valence-corrected chi connectivity index (χ2v) is 3.62. The summed E-state index contributed by atoms with van der Waals surface area (Å²) < 4.78 is 20.2. The minimum absolute atomic E-state index is 0.102. The molecule has 0 rings (SSSR count). The van der Waals surface area contributed by atoms with Crippen LogP contribution in [0.15, 0.2) is 0 Å². The Kier molecular flexibility index (Phi) is 7.69. The van der Waals surface area contributed by atoms with Gasteiger partial charge < -0.3 is 15.0 Å². The van der Waals surface area contributed by atoms with Gasteiger partial charge >= 0.3 is 0 Å². The number of hydrogen-bond acceptors (Lipinski definition) is 4. The normalized spacial score (nSPS) is 15.9. The lowest BCUT2D eigenvalue weighted by Gasteiger charge is -2.13. The number of aliphatic hydroxyl groups excluding tert-OH is 1. The Morgan fingerprint density at radius 1 is 1.67 bits per heavy atom. The van der Waals surface area contributed by atoms with E-state index in [1.807, 2.05) is 6.92 Å². The van der Waals surface area contributed by atoms with Crippen LogP contribution in [0.3, 0.4) is 0 Å². The van der Waals surface area contributed by atoms with Crippen LogP contribution >= 0.6 is 0 Å². The topological polar surface area (TPSA) is 72.4 Å². The summed E-state index contributed by atoms with van der Waals surface area (Å²) >= 11 is -1.94. The van der Waals surface area contributed by atoms with E-state index in [0.29, 0.717) is 13.0 Å². The fraction of sp³-hybridized carbons (Fsp3) is 1.00. The minimum atomic E-state index is -1.94. The summed E-state index contributed by atoms with van der Waals surface area (Å²) in [4.78, 5) is 0. The summed E-state index contributed by atoms with van der Waals surface area (Å²) in [5.74, 6) is 0.189. The van der Waals surface area contributed by atoms with E-state index in [0.717, 1.165) is 6.42 Å². The van der Waals surface area contributed by atoms with Gasteiger partial charge in [0.25, 0.3) is 0 Å². The third-order valence-corrected chi connectivity index (χ3v) is 2.26. The summed E-state index contributed by atoms with van der Waals surface area (Å²) in [7, 11) is 0. The maximum absolute atomic E-state index is 10.1. The van der Waals surface area contributed by atoms with Crippen LogP contribution in [0.25, 0.3) is 0 Å². The molecule has 0 aliphatic heterocycles. The molecule has 0 aromatic rings. The molecule has 0 heterocycles. The Balaban J connectivity index is 3.23. The molecule has 4 nitrogen and oxygen atoms in total. The molecule has 0 radical (unpaired) electrons. The van der Waals surface area contributed by atoms with Crippen molar-refractivity contribution in [3.05, 3.63) is 0 Å². The first-order valence-corrected chi connectivity index (χ1v) is 5.35. The van der Waals surface area contributed by atoms with Gasteiger partial charge in [0.15, 0.2) is 0 Å². The summed E-state index contributed by atoms with van der Waals surface area (Å²) in [6, 6.07) is 0.102. The third-order valence-electron chi connectivity index (χ3n) is 1.63. The van der Waals surface area contributed by atoms with E-state index in [-0.39, 0.29) is 18.4 Å². The van der Waals surface area contributed by atoms with E-state index in [9.17, 15) is 8.76 Å². The molecule has 2 N–H and O–H groups in total. The Hall–Kier alpha value is 0.0300. The van der Waals surface area contributed by atoms with Gasteiger partial charge in [0, 0.05) is 11.8 Å². The van der Waals surface area contributed by atoms with Crippen LogP contribution in [0.1, 0.15) is 19.8 Å². The van der Waals surface area contributed by atoms with Crippen LogP contribution in [0.4, 0.5) is 0 Å². The van der Waals surface area contributed by atoms with Crippen LogP contribution in [-0.2, 0) is 11.1 Å². The predicted octanol–water partition coefficient (Wildman–Crippen LogP) is -0.384. The molecule has 0 saturated heterocycles. The van der Waals surface area contributed by atoms with Gasteiger partial charge in [0.1, 0.15) is 0 Å². The Bertz CT molecular complexity index is 128. The summed E-state index contributed by atoms with van der Waals surface area (Å²) in [6.45, 7) is 2.73. The molecule has 0 aromatic carbocycles. The third kappa shape index (κ3) is 6.72. The molecule has 0 aliphatic rings. The highest BCUT2D eigenvalue weighted by Gasteiger charge is 2.01. The largest absolute Gasteiger partial charge is 0.772 e. The lowest BCUT2D eigenvalue weighted by atomic mass is 10.2. The number of aliphatic hydroxyl groups is 1. The average molecular weight is 194 g/mol. The molecule has 0 fully saturated rings. The zero-order valence-electron chi connectivity index (χ0n) is 7.28. The van der Waals surface area contributed by atoms with Crippen molar-refractivity contribution in [2.24, 2.45) is 0 Å². The number of nitrogens with one attached hydrogen (secondary N) is 1. The highest BCUT2D eigenvalue weighted by Crippen LogP contribution is 1.89. The molecule has 5 heteroatoms. The van der Waals surface area contributed by atoms with Gasteiger partial charge in [-0.25, -0.2) is 0 Å². The molecule has 0 saturated carbocycles. The van der Waals surface area contributed by atoms with Gasteiger partial charge in [-0.15, -0.1) is 0 Å². The zero-order valence-corrected chi connectivity index (χ0v) is 8.10. The summed E-state index contributed by atoms with van der Waals surface area (Å²) in [5, 5.41) is 11.8. The average Bonchev–Trinajstić information content (AvgIpc) is 2.04. The molecule has 0 spiro atoms. The Morgan fingerprint density at radius 2 is 2.33 bits per heavy atom. The second kappa shape index (κ2) is 7.67. The van der Waals surface area contributed by atoms with Gasteiger partial charge in [-0.1, -0.05) is 18.0 Å². The molecule has 2 unspecified atom stereocenters. The first kappa shape index (κ1) is 12.0. The quantitative estimate of drug-likeness (QED) is 0.428. The first-order chi connectivity index (χ1) is 5.70. The van der Waals surface area contributed by atoms with Gasteiger partial charge in [0.05, 0.1) is 6.61 Å². The molecule has 0 aromatic heterocycles. The SMILES string of the molecule is CCC(CO)NCCCS(=O)[O-]. The van der Waals surface area contributed by atoms with Crippen LogP contribution in [0.5, 0.6) is 0 Å². The first-order valence-electron chi connectivity index (χ1n) is 4.10. The van der Waals surface area contributed by atoms with Crippen molar-refractivity contribution in [2.45, 2.75) is 25.8 Å². The molecule has 0 bridgehead atoms. The minimum Gasteiger partial charge on any atom is -0.772 e. The van der Waals surface area contributed by atoms with E-state index in [2.05, 4.69) is 5.32 Å². The Labute approximate surface area is 75.7 Å². The lowest BCUT2D eigenvalue weighted by Crippen LogP contribution is -2.32. The highest BCUT2D eigenvalue weighted by molar-refractivity contribution is 7.79. The zero-order chi connectivity index (χ0) is 9.40. The molecule has 2 atom stereocenters. The van der Waals surface area contributed by atoms with Crippen LogP contribution < -0.4 is 5.32 Å².